The molecule has 2 heterocycles. The zero-order valence-corrected chi connectivity index (χ0v) is 11.0. The van der Waals surface area contributed by atoms with Crippen molar-refractivity contribution in [1.29, 1.82) is 0 Å². The van der Waals surface area contributed by atoms with Crippen molar-refractivity contribution < 1.29 is 9.59 Å². The molecule has 2 aliphatic rings. The van der Waals surface area contributed by atoms with Crippen LogP contribution in [0.25, 0.3) is 0 Å². The number of hydrogen-bond acceptors (Lipinski definition) is 3. The van der Waals surface area contributed by atoms with Gasteiger partial charge in [0.25, 0.3) is 0 Å². The highest BCUT2D eigenvalue weighted by Gasteiger charge is 2.38. The van der Waals surface area contributed by atoms with Crippen LogP contribution in [0.2, 0.25) is 0 Å². The number of carbonyl (C=O) groups is 2. The number of nitrogens with zero attached hydrogens (tertiary/aromatic N) is 3. The minimum atomic E-state index is -0.187. The first-order valence-electron chi connectivity index (χ1n) is 6.76. The van der Waals surface area contributed by atoms with Crippen LogP contribution in [0.3, 0.4) is 0 Å². The van der Waals surface area contributed by atoms with Gasteiger partial charge in [0.2, 0.25) is 5.91 Å². The van der Waals surface area contributed by atoms with E-state index in [9.17, 15) is 9.59 Å². The highest BCUT2D eigenvalue weighted by atomic mass is 16.2. The number of anilines is 1. The maximum absolute atomic E-state index is 12.3. The van der Waals surface area contributed by atoms with Crippen molar-refractivity contribution in [2.24, 2.45) is 11.8 Å². The maximum Gasteiger partial charge on any atom is 0.344 e. The van der Waals surface area contributed by atoms with E-state index < -0.39 is 0 Å². The van der Waals surface area contributed by atoms with Gasteiger partial charge in [0, 0.05) is 32.3 Å². The summed E-state index contributed by atoms with van der Waals surface area (Å²) >= 11 is 0. The van der Waals surface area contributed by atoms with Crippen LogP contribution >= 0.6 is 0 Å². The molecule has 1 aliphatic heterocycles. The van der Waals surface area contributed by atoms with Crippen LogP contribution in [0.15, 0.2) is 12.3 Å². The van der Waals surface area contributed by atoms with E-state index in [-0.39, 0.29) is 11.9 Å². The summed E-state index contributed by atoms with van der Waals surface area (Å²) in [4.78, 5) is 25.1. The summed E-state index contributed by atoms with van der Waals surface area (Å²) in [6.45, 7) is 3.11. The first-order valence-corrected chi connectivity index (χ1v) is 6.76. The highest BCUT2D eigenvalue weighted by Crippen LogP contribution is 2.37. The molecule has 1 saturated carbocycles. The zero-order valence-electron chi connectivity index (χ0n) is 11.0. The summed E-state index contributed by atoms with van der Waals surface area (Å²) in [7, 11) is 0. The van der Waals surface area contributed by atoms with E-state index in [4.69, 9.17) is 0 Å². The minimum absolute atomic E-state index is 0.0917. The standard InChI is InChI=1S/C13H18N4O2/c1-9(18)14-12-5-6-17(15-12)13(19)16-7-10-3-2-4-11(10)8-16/h5-6,10-11H,2-4,7-8H2,1H3,(H,14,15,18). The summed E-state index contributed by atoms with van der Waals surface area (Å²) in [5.74, 6) is 1.58. The van der Waals surface area contributed by atoms with Gasteiger partial charge in [-0.1, -0.05) is 6.42 Å². The molecule has 1 aromatic heterocycles. The lowest BCUT2D eigenvalue weighted by Crippen LogP contribution is -2.33. The monoisotopic (exact) mass is 262 g/mol. The van der Waals surface area contributed by atoms with Crippen LogP contribution < -0.4 is 5.32 Å². The number of hydrogen-bond donors (Lipinski definition) is 1. The van der Waals surface area contributed by atoms with E-state index in [1.165, 1.54) is 30.9 Å². The first kappa shape index (κ1) is 12.2. The van der Waals surface area contributed by atoms with Crippen LogP contribution in [-0.2, 0) is 4.79 Å². The van der Waals surface area contributed by atoms with E-state index in [1.54, 1.807) is 12.3 Å². The van der Waals surface area contributed by atoms with Gasteiger partial charge in [0.1, 0.15) is 0 Å². The molecule has 1 aromatic rings. The molecule has 102 valence electrons. The normalized spacial score (nSPS) is 25.4. The Morgan fingerprint density at radius 1 is 1.32 bits per heavy atom. The molecule has 2 unspecified atom stereocenters. The lowest BCUT2D eigenvalue weighted by atomic mass is 10.0. The molecular weight excluding hydrogens is 244 g/mol. The summed E-state index contributed by atoms with van der Waals surface area (Å²) in [6.07, 6.45) is 5.38. The number of carbonyl (C=O) groups excluding carboxylic acids is 2. The van der Waals surface area contributed by atoms with Gasteiger partial charge in [-0.05, 0) is 24.7 Å². The largest absolute Gasteiger partial charge is 0.344 e. The van der Waals surface area contributed by atoms with Crippen LogP contribution in [-0.4, -0.2) is 39.7 Å². The molecule has 2 amide bonds. The number of rotatable bonds is 1. The Bertz CT molecular complexity index is 498. The fourth-order valence-corrected chi connectivity index (χ4v) is 3.21. The average molecular weight is 262 g/mol. The van der Waals surface area contributed by atoms with Crippen LogP contribution in [0.1, 0.15) is 26.2 Å². The number of amides is 2. The van der Waals surface area contributed by atoms with Gasteiger partial charge < -0.3 is 10.2 Å². The Morgan fingerprint density at radius 3 is 2.63 bits per heavy atom. The third-order valence-corrected chi connectivity index (χ3v) is 4.09. The second-order valence-corrected chi connectivity index (χ2v) is 5.47. The van der Waals surface area contributed by atoms with Gasteiger partial charge in [0.15, 0.2) is 5.82 Å². The molecular formula is C13H18N4O2. The Kier molecular flexibility index (Phi) is 3.00. The smallest absolute Gasteiger partial charge is 0.322 e. The Balaban J connectivity index is 1.67. The molecule has 0 spiro atoms. The Hall–Kier alpha value is -1.85. The van der Waals surface area contributed by atoms with Crippen molar-refractivity contribution in [2.75, 3.05) is 18.4 Å². The van der Waals surface area contributed by atoms with Crippen LogP contribution in [0.5, 0.6) is 0 Å². The molecule has 0 radical (unpaired) electrons. The lowest BCUT2D eigenvalue weighted by Gasteiger charge is -2.16. The topological polar surface area (TPSA) is 67.2 Å². The van der Waals surface area contributed by atoms with Gasteiger partial charge in [0.05, 0.1) is 0 Å². The quantitative estimate of drug-likeness (QED) is 0.834. The first-order chi connectivity index (χ1) is 9.13. The van der Waals surface area contributed by atoms with Gasteiger partial charge in [-0.15, -0.1) is 5.10 Å². The Morgan fingerprint density at radius 2 is 2.00 bits per heavy atom. The second kappa shape index (κ2) is 4.68. The fourth-order valence-electron chi connectivity index (χ4n) is 3.21. The third-order valence-electron chi connectivity index (χ3n) is 4.09. The van der Waals surface area contributed by atoms with Crippen molar-refractivity contribution in [3.63, 3.8) is 0 Å². The van der Waals surface area contributed by atoms with Crippen molar-refractivity contribution in [3.05, 3.63) is 12.3 Å². The van der Waals surface area contributed by atoms with E-state index in [2.05, 4.69) is 10.4 Å². The maximum atomic E-state index is 12.3. The number of fused-ring (bicyclic) bond motifs is 1. The molecule has 0 bridgehead atoms. The van der Waals surface area contributed by atoms with Crippen LogP contribution in [0.4, 0.5) is 10.6 Å². The molecule has 1 saturated heterocycles. The summed E-state index contributed by atoms with van der Waals surface area (Å²) in [5, 5.41) is 6.65. The predicted octanol–water partition coefficient (Wildman–Crippen LogP) is 1.54. The third kappa shape index (κ3) is 2.34. The van der Waals surface area contributed by atoms with Gasteiger partial charge in [-0.25, -0.2) is 4.79 Å². The number of likely N-dealkylation sites (tertiary alicyclic amines) is 1. The number of nitrogens with one attached hydrogen (secondary N) is 1. The fraction of sp³-hybridized carbons (Fsp3) is 0.615. The van der Waals surface area contributed by atoms with E-state index in [0.717, 1.165) is 13.1 Å². The van der Waals surface area contributed by atoms with Gasteiger partial charge in [-0.2, -0.15) is 4.68 Å². The summed E-state index contributed by atoms with van der Waals surface area (Å²) in [6, 6.07) is 1.54. The molecule has 1 aliphatic carbocycles. The molecule has 1 N–H and O–H groups in total. The molecule has 2 fully saturated rings. The highest BCUT2D eigenvalue weighted by molar-refractivity contribution is 5.87. The number of aromatic nitrogens is 2. The van der Waals surface area contributed by atoms with Gasteiger partial charge >= 0.3 is 6.03 Å². The molecule has 6 heteroatoms. The van der Waals surface area contributed by atoms with E-state index in [0.29, 0.717) is 17.7 Å². The van der Waals surface area contributed by atoms with E-state index >= 15 is 0 Å². The van der Waals surface area contributed by atoms with Gasteiger partial charge in [-0.3, -0.25) is 4.79 Å². The molecule has 0 aromatic carbocycles. The molecule has 19 heavy (non-hydrogen) atoms. The van der Waals surface area contributed by atoms with Crippen molar-refractivity contribution in [3.8, 4) is 0 Å². The van der Waals surface area contributed by atoms with Crippen molar-refractivity contribution in [1.82, 2.24) is 14.7 Å². The van der Waals surface area contributed by atoms with Crippen molar-refractivity contribution >= 4 is 17.8 Å². The second-order valence-electron chi connectivity index (χ2n) is 5.47. The van der Waals surface area contributed by atoms with E-state index in [1.807, 2.05) is 4.90 Å². The predicted molar refractivity (Wildman–Crippen MR) is 69.7 cm³/mol. The minimum Gasteiger partial charge on any atom is -0.322 e. The van der Waals surface area contributed by atoms with Crippen molar-refractivity contribution in [2.45, 2.75) is 26.2 Å². The molecule has 2 atom stereocenters. The molecule has 6 nitrogen and oxygen atoms in total. The van der Waals surface area contributed by atoms with Crippen LogP contribution in [0, 0.1) is 11.8 Å². The molecule has 3 rings (SSSR count). The summed E-state index contributed by atoms with van der Waals surface area (Å²) in [5.41, 5.74) is 0. The zero-order chi connectivity index (χ0) is 13.4. The SMILES string of the molecule is CC(=O)Nc1ccn(C(=O)N2CC3CCCC3C2)n1. The average Bonchev–Trinajstić information content (AvgIpc) is 2.99. The lowest BCUT2D eigenvalue weighted by molar-refractivity contribution is -0.114. The Labute approximate surface area is 111 Å². The summed E-state index contributed by atoms with van der Waals surface area (Å²) < 4.78 is 1.31.